The first kappa shape index (κ1) is 16.3. The second-order valence-corrected chi connectivity index (χ2v) is 5.77. The van der Waals surface area contributed by atoms with Crippen LogP contribution in [0.1, 0.15) is 18.2 Å². The van der Waals surface area contributed by atoms with Gasteiger partial charge in [0, 0.05) is 30.6 Å². The van der Waals surface area contributed by atoms with Crippen LogP contribution in [0.5, 0.6) is 0 Å². The molecule has 3 aromatic rings. The highest BCUT2D eigenvalue weighted by Gasteiger charge is 2.16. The van der Waals surface area contributed by atoms with Crippen molar-refractivity contribution in [3.8, 4) is 11.4 Å². The van der Waals surface area contributed by atoms with Crippen molar-refractivity contribution in [1.29, 1.82) is 0 Å². The Bertz CT molecular complexity index is 808. The molecular weight excluding hydrogens is 322 g/mol. The van der Waals surface area contributed by atoms with E-state index in [1.165, 1.54) is 0 Å². The van der Waals surface area contributed by atoms with E-state index in [-0.39, 0.29) is 0 Å². The summed E-state index contributed by atoms with van der Waals surface area (Å²) < 4.78 is 0. The van der Waals surface area contributed by atoms with Crippen LogP contribution in [0.25, 0.3) is 11.4 Å². The van der Waals surface area contributed by atoms with Crippen molar-refractivity contribution in [2.75, 3.05) is 11.9 Å². The average Bonchev–Trinajstić information content (AvgIpc) is 2.62. The third-order valence-corrected chi connectivity index (χ3v) is 4.01. The minimum atomic E-state index is 0.493. The zero-order valence-electron chi connectivity index (χ0n) is 13.6. The second-order valence-electron chi connectivity index (χ2n) is 5.41. The van der Waals surface area contributed by atoms with Gasteiger partial charge in [-0.25, -0.2) is 9.97 Å². The first-order valence-electron chi connectivity index (χ1n) is 7.77. The van der Waals surface area contributed by atoms with E-state index in [0.717, 1.165) is 29.1 Å². The number of hydrogen-bond acceptors (Lipinski definition) is 5. The van der Waals surface area contributed by atoms with E-state index >= 15 is 0 Å². The number of rotatable bonds is 5. The summed E-state index contributed by atoms with van der Waals surface area (Å²) in [5.74, 6) is 1.45. The van der Waals surface area contributed by atoms with Gasteiger partial charge in [-0.05, 0) is 6.42 Å². The largest absolute Gasteiger partial charge is 0.353 e. The summed E-state index contributed by atoms with van der Waals surface area (Å²) in [5, 5.41) is 0.493. The molecule has 0 atom stereocenters. The Kier molecular flexibility index (Phi) is 5.01. The molecule has 3 rings (SSSR count). The smallest absolute Gasteiger partial charge is 0.163 e. The molecular formula is C18H18ClN5. The molecule has 0 unspecified atom stereocenters. The van der Waals surface area contributed by atoms with Gasteiger partial charge in [-0.2, -0.15) is 0 Å². The van der Waals surface area contributed by atoms with Crippen LogP contribution in [-0.2, 0) is 13.0 Å². The summed E-state index contributed by atoms with van der Waals surface area (Å²) in [6.45, 7) is 2.65. The van der Waals surface area contributed by atoms with Crippen molar-refractivity contribution >= 4 is 17.4 Å². The van der Waals surface area contributed by atoms with Crippen LogP contribution in [0.2, 0.25) is 5.15 Å². The van der Waals surface area contributed by atoms with Crippen LogP contribution >= 0.6 is 11.6 Å². The van der Waals surface area contributed by atoms with E-state index in [1.807, 2.05) is 49.2 Å². The SMILES string of the molecule is CCc1c(Cl)nc(-c2ccccc2)nc1N(C)Cc1cnccn1. The van der Waals surface area contributed by atoms with E-state index < -0.39 is 0 Å². The second kappa shape index (κ2) is 7.36. The lowest BCUT2D eigenvalue weighted by Gasteiger charge is -2.21. The Hall–Kier alpha value is -2.53. The summed E-state index contributed by atoms with van der Waals surface area (Å²) in [6, 6.07) is 9.84. The van der Waals surface area contributed by atoms with Crippen molar-refractivity contribution in [3.63, 3.8) is 0 Å². The molecule has 0 aliphatic heterocycles. The normalized spacial score (nSPS) is 10.6. The van der Waals surface area contributed by atoms with E-state index in [2.05, 4.69) is 15.0 Å². The van der Waals surface area contributed by atoms with Crippen LogP contribution in [0.15, 0.2) is 48.9 Å². The fraction of sp³-hybridized carbons (Fsp3) is 0.222. The van der Waals surface area contributed by atoms with Gasteiger partial charge < -0.3 is 4.90 Å². The minimum absolute atomic E-state index is 0.493. The molecule has 0 amide bonds. The van der Waals surface area contributed by atoms with Gasteiger partial charge in [-0.3, -0.25) is 9.97 Å². The molecule has 0 fully saturated rings. The molecule has 2 aromatic heterocycles. The molecule has 0 radical (unpaired) electrons. The fourth-order valence-electron chi connectivity index (χ4n) is 2.51. The number of hydrogen-bond donors (Lipinski definition) is 0. The molecule has 0 saturated carbocycles. The summed E-state index contributed by atoms with van der Waals surface area (Å²) >= 11 is 6.43. The predicted octanol–water partition coefficient (Wildman–Crippen LogP) is 3.79. The van der Waals surface area contributed by atoms with Crippen LogP contribution < -0.4 is 4.90 Å². The van der Waals surface area contributed by atoms with Gasteiger partial charge in [0.25, 0.3) is 0 Å². The van der Waals surface area contributed by atoms with Crippen LogP contribution in [-0.4, -0.2) is 27.0 Å². The zero-order valence-corrected chi connectivity index (χ0v) is 14.4. The molecule has 6 heteroatoms. The molecule has 5 nitrogen and oxygen atoms in total. The zero-order chi connectivity index (χ0) is 16.9. The van der Waals surface area contributed by atoms with Crippen LogP contribution in [0.4, 0.5) is 5.82 Å². The van der Waals surface area contributed by atoms with Crippen LogP contribution in [0, 0.1) is 0 Å². The van der Waals surface area contributed by atoms with Gasteiger partial charge in [-0.15, -0.1) is 0 Å². The molecule has 0 N–H and O–H groups in total. The highest BCUT2D eigenvalue weighted by molar-refractivity contribution is 6.30. The quantitative estimate of drug-likeness (QED) is 0.662. The van der Waals surface area contributed by atoms with E-state index in [4.69, 9.17) is 16.6 Å². The number of benzene rings is 1. The third kappa shape index (κ3) is 3.51. The molecule has 0 aliphatic carbocycles. The minimum Gasteiger partial charge on any atom is -0.353 e. The van der Waals surface area contributed by atoms with Crippen LogP contribution in [0.3, 0.4) is 0 Å². The van der Waals surface area contributed by atoms with Crippen molar-refractivity contribution < 1.29 is 0 Å². The van der Waals surface area contributed by atoms with Crippen molar-refractivity contribution in [1.82, 2.24) is 19.9 Å². The number of halogens is 1. The first-order valence-corrected chi connectivity index (χ1v) is 8.14. The van der Waals surface area contributed by atoms with Crippen molar-refractivity contribution in [2.45, 2.75) is 19.9 Å². The van der Waals surface area contributed by atoms with Gasteiger partial charge in [0.15, 0.2) is 5.82 Å². The molecule has 2 heterocycles. The topological polar surface area (TPSA) is 54.8 Å². The van der Waals surface area contributed by atoms with Gasteiger partial charge in [0.1, 0.15) is 11.0 Å². The Balaban J connectivity index is 2.00. The number of nitrogens with zero attached hydrogens (tertiary/aromatic N) is 5. The highest BCUT2D eigenvalue weighted by Crippen LogP contribution is 2.28. The highest BCUT2D eigenvalue weighted by atomic mass is 35.5. The Morgan fingerprint density at radius 1 is 1.08 bits per heavy atom. The molecule has 0 bridgehead atoms. The Labute approximate surface area is 146 Å². The van der Waals surface area contributed by atoms with Gasteiger partial charge in [-0.1, -0.05) is 48.9 Å². The Morgan fingerprint density at radius 2 is 1.88 bits per heavy atom. The Morgan fingerprint density at radius 3 is 2.54 bits per heavy atom. The maximum atomic E-state index is 6.43. The lowest BCUT2D eigenvalue weighted by molar-refractivity contribution is 0.840. The lowest BCUT2D eigenvalue weighted by atomic mass is 10.2. The van der Waals surface area contributed by atoms with E-state index in [0.29, 0.717) is 17.5 Å². The summed E-state index contributed by atoms with van der Waals surface area (Å²) in [7, 11) is 1.97. The summed E-state index contributed by atoms with van der Waals surface area (Å²) in [4.78, 5) is 19.7. The van der Waals surface area contributed by atoms with E-state index in [1.54, 1.807) is 18.6 Å². The molecule has 1 aromatic carbocycles. The number of aromatic nitrogens is 4. The summed E-state index contributed by atoms with van der Waals surface area (Å²) in [6.07, 6.45) is 5.86. The maximum absolute atomic E-state index is 6.43. The summed E-state index contributed by atoms with van der Waals surface area (Å²) in [5.41, 5.74) is 2.75. The molecule has 0 spiro atoms. The first-order chi connectivity index (χ1) is 11.7. The third-order valence-electron chi connectivity index (χ3n) is 3.70. The fourth-order valence-corrected chi connectivity index (χ4v) is 2.81. The van der Waals surface area contributed by atoms with Gasteiger partial charge in [0.05, 0.1) is 18.4 Å². The monoisotopic (exact) mass is 339 g/mol. The molecule has 24 heavy (non-hydrogen) atoms. The van der Waals surface area contributed by atoms with Gasteiger partial charge >= 0.3 is 0 Å². The average molecular weight is 340 g/mol. The molecule has 0 saturated heterocycles. The van der Waals surface area contributed by atoms with Gasteiger partial charge in [0.2, 0.25) is 0 Å². The van der Waals surface area contributed by atoms with E-state index in [9.17, 15) is 0 Å². The molecule has 0 aliphatic rings. The van der Waals surface area contributed by atoms with Crippen molar-refractivity contribution in [3.05, 3.63) is 65.3 Å². The van der Waals surface area contributed by atoms with Crippen molar-refractivity contribution in [2.24, 2.45) is 0 Å². The predicted molar refractivity (Wildman–Crippen MR) is 96.0 cm³/mol. The lowest BCUT2D eigenvalue weighted by Crippen LogP contribution is -2.21. The number of anilines is 1. The maximum Gasteiger partial charge on any atom is 0.163 e. The standard InChI is InChI=1S/C18H18ClN5/c1-3-15-16(19)22-17(13-7-5-4-6-8-13)23-18(15)24(2)12-14-11-20-9-10-21-14/h4-11H,3,12H2,1-2H3. The molecule has 122 valence electrons.